The lowest BCUT2D eigenvalue weighted by Gasteiger charge is -2.13. The van der Waals surface area contributed by atoms with Crippen LogP contribution in [0.15, 0.2) is 18.2 Å². The molecule has 0 amide bonds. The molecule has 0 spiro atoms. The fraction of sp³-hybridized carbons (Fsp3) is 0.636. The summed E-state index contributed by atoms with van der Waals surface area (Å²) in [6.45, 7) is 1.68. The summed E-state index contributed by atoms with van der Waals surface area (Å²) in [5.74, 6) is -2.32. The fourth-order valence-corrected chi connectivity index (χ4v) is 2.89. The SMILES string of the molecule is CCCCCCCCCOC(=O)CCCC(=O)OCc1c(F)cccc1C(F)(F)F. The normalized spacial score (nSPS) is 11.4. The van der Waals surface area contributed by atoms with Crippen molar-refractivity contribution in [3.8, 4) is 0 Å². The average molecular weight is 434 g/mol. The van der Waals surface area contributed by atoms with Crippen LogP contribution < -0.4 is 0 Å². The minimum Gasteiger partial charge on any atom is -0.466 e. The predicted molar refractivity (Wildman–Crippen MR) is 104 cm³/mol. The second-order valence-corrected chi connectivity index (χ2v) is 7.12. The van der Waals surface area contributed by atoms with Gasteiger partial charge in [0.15, 0.2) is 0 Å². The van der Waals surface area contributed by atoms with Gasteiger partial charge in [-0.05, 0) is 25.0 Å². The molecule has 0 fully saturated rings. The summed E-state index contributed by atoms with van der Waals surface area (Å²) >= 11 is 0. The standard InChI is InChI=1S/C22H30F4O4/c1-2-3-4-5-6-7-8-15-29-20(27)13-10-14-21(28)30-16-17-18(22(24,25)26)11-9-12-19(17)23/h9,11-12H,2-8,10,13-16H2,1H3. The van der Waals surface area contributed by atoms with E-state index in [4.69, 9.17) is 9.47 Å². The van der Waals surface area contributed by atoms with E-state index in [1.165, 1.54) is 25.7 Å². The van der Waals surface area contributed by atoms with Gasteiger partial charge in [-0.25, -0.2) is 4.39 Å². The molecule has 0 aliphatic heterocycles. The summed E-state index contributed by atoms with van der Waals surface area (Å²) in [4.78, 5) is 23.3. The summed E-state index contributed by atoms with van der Waals surface area (Å²) < 4.78 is 62.2. The first kappa shape index (κ1) is 25.9. The molecule has 0 radical (unpaired) electrons. The molecule has 0 saturated heterocycles. The molecule has 1 rings (SSSR count). The summed E-state index contributed by atoms with van der Waals surface area (Å²) in [7, 11) is 0. The van der Waals surface area contributed by atoms with Gasteiger partial charge in [-0.2, -0.15) is 13.2 Å². The first-order valence-corrected chi connectivity index (χ1v) is 10.4. The smallest absolute Gasteiger partial charge is 0.416 e. The van der Waals surface area contributed by atoms with Crippen LogP contribution in [-0.2, 0) is 31.8 Å². The summed E-state index contributed by atoms with van der Waals surface area (Å²) in [5.41, 5.74) is -1.89. The van der Waals surface area contributed by atoms with E-state index in [-0.39, 0.29) is 19.3 Å². The average Bonchev–Trinajstić information content (AvgIpc) is 2.68. The van der Waals surface area contributed by atoms with Crippen molar-refractivity contribution in [3.63, 3.8) is 0 Å². The molecular weight excluding hydrogens is 404 g/mol. The predicted octanol–water partition coefficient (Wildman–Crippen LogP) is 6.35. The van der Waals surface area contributed by atoms with E-state index >= 15 is 0 Å². The van der Waals surface area contributed by atoms with Crippen molar-refractivity contribution in [1.29, 1.82) is 0 Å². The number of unbranched alkanes of at least 4 members (excludes halogenated alkanes) is 6. The molecule has 0 aliphatic rings. The van der Waals surface area contributed by atoms with Gasteiger partial charge in [0.25, 0.3) is 0 Å². The molecule has 0 aromatic heterocycles. The zero-order valence-corrected chi connectivity index (χ0v) is 17.4. The molecule has 0 bridgehead atoms. The first-order chi connectivity index (χ1) is 14.3. The van der Waals surface area contributed by atoms with Crippen molar-refractivity contribution >= 4 is 11.9 Å². The van der Waals surface area contributed by atoms with Gasteiger partial charge < -0.3 is 9.47 Å². The van der Waals surface area contributed by atoms with Gasteiger partial charge in [-0.15, -0.1) is 0 Å². The maximum absolute atomic E-state index is 13.7. The lowest BCUT2D eigenvalue weighted by molar-refractivity contribution is -0.148. The van der Waals surface area contributed by atoms with E-state index in [9.17, 15) is 27.2 Å². The topological polar surface area (TPSA) is 52.6 Å². The monoisotopic (exact) mass is 434 g/mol. The Hall–Kier alpha value is -2.12. The Morgan fingerprint density at radius 2 is 1.47 bits per heavy atom. The van der Waals surface area contributed by atoms with E-state index in [2.05, 4.69) is 6.92 Å². The number of benzene rings is 1. The molecule has 170 valence electrons. The largest absolute Gasteiger partial charge is 0.466 e. The van der Waals surface area contributed by atoms with Crippen LogP contribution in [0.2, 0.25) is 0 Å². The number of carbonyl (C=O) groups excluding carboxylic acids is 2. The molecule has 0 N–H and O–H groups in total. The van der Waals surface area contributed by atoms with Crippen molar-refractivity contribution in [3.05, 3.63) is 35.1 Å². The quantitative estimate of drug-likeness (QED) is 0.194. The second-order valence-electron chi connectivity index (χ2n) is 7.12. The van der Waals surface area contributed by atoms with E-state index in [1.54, 1.807) is 0 Å². The van der Waals surface area contributed by atoms with Crippen molar-refractivity contribution in [2.24, 2.45) is 0 Å². The van der Waals surface area contributed by atoms with E-state index in [1.807, 2.05) is 0 Å². The highest BCUT2D eigenvalue weighted by molar-refractivity contribution is 5.72. The van der Waals surface area contributed by atoms with Gasteiger partial charge in [0.1, 0.15) is 12.4 Å². The van der Waals surface area contributed by atoms with E-state index < -0.39 is 41.7 Å². The Kier molecular flexibility index (Phi) is 12.1. The third-order valence-corrected chi connectivity index (χ3v) is 4.57. The summed E-state index contributed by atoms with van der Waals surface area (Å²) in [6, 6.07) is 2.55. The Bertz CT molecular complexity index is 659. The van der Waals surface area contributed by atoms with Gasteiger partial charge in [0.05, 0.1) is 12.2 Å². The molecule has 0 unspecified atom stereocenters. The van der Waals surface area contributed by atoms with Gasteiger partial charge >= 0.3 is 18.1 Å². The Balaban J connectivity index is 2.20. The van der Waals surface area contributed by atoms with Crippen LogP contribution in [0.5, 0.6) is 0 Å². The van der Waals surface area contributed by atoms with E-state index in [0.717, 1.165) is 37.5 Å². The molecule has 0 aliphatic carbocycles. The van der Waals surface area contributed by atoms with Crippen molar-refractivity contribution in [2.45, 2.75) is 83.9 Å². The second kappa shape index (κ2) is 14.0. The molecule has 0 saturated carbocycles. The highest BCUT2D eigenvalue weighted by Crippen LogP contribution is 2.33. The molecular formula is C22H30F4O4. The Morgan fingerprint density at radius 3 is 2.10 bits per heavy atom. The highest BCUT2D eigenvalue weighted by atomic mass is 19.4. The number of hydrogen-bond donors (Lipinski definition) is 0. The highest BCUT2D eigenvalue weighted by Gasteiger charge is 2.34. The third-order valence-electron chi connectivity index (χ3n) is 4.57. The zero-order valence-electron chi connectivity index (χ0n) is 17.4. The Morgan fingerprint density at radius 1 is 0.867 bits per heavy atom. The number of ether oxygens (including phenoxy) is 2. The maximum atomic E-state index is 13.7. The van der Waals surface area contributed by atoms with Crippen molar-refractivity contribution in [2.75, 3.05) is 6.61 Å². The van der Waals surface area contributed by atoms with E-state index in [0.29, 0.717) is 6.61 Å². The number of halogens is 4. The molecule has 1 aromatic carbocycles. The van der Waals surface area contributed by atoms with Crippen LogP contribution in [0.25, 0.3) is 0 Å². The number of alkyl halides is 3. The molecule has 1 aromatic rings. The maximum Gasteiger partial charge on any atom is 0.416 e. The molecule has 0 heterocycles. The number of rotatable bonds is 14. The number of carbonyl (C=O) groups is 2. The molecule has 4 nitrogen and oxygen atoms in total. The molecule has 30 heavy (non-hydrogen) atoms. The molecule has 0 atom stereocenters. The van der Waals surface area contributed by atoms with Gasteiger partial charge in [-0.1, -0.05) is 51.5 Å². The van der Waals surface area contributed by atoms with Crippen LogP contribution in [0, 0.1) is 5.82 Å². The van der Waals surface area contributed by atoms with Crippen LogP contribution in [-0.4, -0.2) is 18.5 Å². The van der Waals surface area contributed by atoms with Gasteiger partial charge in [-0.3, -0.25) is 9.59 Å². The minimum absolute atomic E-state index is 0.0130. The number of hydrogen-bond acceptors (Lipinski definition) is 4. The Labute approximate surface area is 174 Å². The fourth-order valence-electron chi connectivity index (χ4n) is 2.89. The van der Waals surface area contributed by atoms with Crippen molar-refractivity contribution < 1.29 is 36.6 Å². The number of esters is 2. The van der Waals surface area contributed by atoms with Crippen LogP contribution in [0.3, 0.4) is 0 Å². The lowest BCUT2D eigenvalue weighted by Crippen LogP contribution is -2.14. The van der Waals surface area contributed by atoms with Crippen LogP contribution in [0.4, 0.5) is 17.6 Å². The first-order valence-electron chi connectivity index (χ1n) is 10.4. The lowest BCUT2D eigenvalue weighted by atomic mass is 10.1. The van der Waals surface area contributed by atoms with Crippen LogP contribution in [0.1, 0.15) is 82.3 Å². The zero-order chi connectivity index (χ0) is 22.4. The van der Waals surface area contributed by atoms with Gasteiger partial charge in [0.2, 0.25) is 0 Å². The summed E-state index contributed by atoms with van der Waals surface area (Å²) in [5, 5.41) is 0. The minimum atomic E-state index is -4.75. The molecule has 8 heteroatoms. The third kappa shape index (κ3) is 10.6. The summed E-state index contributed by atoms with van der Waals surface area (Å²) in [6.07, 6.45) is 3.00. The van der Waals surface area contributed by atoms with Crippen LogP contribution >= 0.6 is 0 Å². The van der Waals surface area contributed by atoms with Gasteiger partial charge in [0, 0.05) is 18.4 Å². The van der Waals surface area contributed by atoms with Crippen molar-refractivity contribution in [1.82, 2.24) is 0 Å².